The zero-order chi connectivity index (χ0) is 13.9. The van der Waals surface area contributed by atoms with Crippen LogP contribution in [0.25, 0.3) is 0 Å². The molecule has 7 nitrogen and oxygen atoms in total. The highest BCUT2D eigenvalue weighted by atomic mass is 19.3. The summed E-state index contributed by atoms with van der Waals surface area (Å²) in [6, 6.07) is 0.719. The van der Waals surface area contributed by atoms with Crippen LogP contribution in [-0.2, 0) is 4.74 Å². The number of methoxy groups -OCH3 is 2. The third-order valence-electron chi connectivity index (χ3n) is 1.99. The second-order valence-electron chi connectivity index (χ2n) is 3.00. The maximum atomic E-state index is 12.7. The van der Waals surface area contributed by atoms with Gasteiger partial charge in [0.15, 0.2) is 5.75 Å². The molecule has 0 aliphatic carbocycles. The fourth-order valence-corrected chi connectivity index (χ4v) is 1.26. The summed E-state index contributed by atoms with van der Waals surface area (Å²) in [6.07, 6.45) is -3.12. The van der Waals surface area contributed by atoms with E-state index in [4.69, 9.17) is 0 Å². The molecular formula is C9H8F2N2O5. The standard InChI is InChI=1S/C9H8F2N2O5/c1-17-7-4(9(14)18-2)3-5(13(15)16)12-6(7)8(10)11/h3,8H,1-2H3. The molecule has 98 valence electrons. The van der Waals surface area contributed by atoms with E-state index < -0.39 is 40.1 Å². The molecule has 0 N–H and O–H groups in total. The van der Waals surface area contributed by atoms with E-state index >= 15 is 0 Å². The van der Waals surface area contributed by atoms with Crippen molar-refractivity contribution in [3.05, 3.63) is 27.4 Å². The number of carbonyl (C=O) groups excluding carboxylic acids is 1. The Morgan fingerprint density at radius 2 is 2.11 bits per heavy atom. The molecule has 9 heteroatoms. The van der Waals surface area contributed by atoms with Gasteiger partial charge in [-0.3, -0.25) is 0 Å². The van der Waals surface area contributed by atoms with E-state index in [-0.39, 0.29) is 0 Å². The number of aromatic nitrogens is 1. The number of nitrogens with zero attached hydrogens (tertiary/aromatic N) is 2. The van der Waals surface area contributed by atoms with E-state index in [9.17, 15) is 23.7 Å². The van der Waals surface area contributed by atoms with Crippen LogP contribution in [0.1, 0.15) is 22.5 Å². The van der Waals surface area contributed by atoms with Crippen molar-refractivity contribution in [2.45, 2.75) is 6.43 Å². The highest BCUT2D eigenvalue weighted by Crippen LogP contribution is 2.33. The molecule has 0 unspecified atom stereocenters. The summed E-state index contributed by atoms with van der Waals surface area (Å²) >= 11 is 0. The van der Waals surface area contributed by atoms with Crippen LogP contribution in [0.3, 0.4) is 0 Å². The number of alkyl halides is 2. The van der Waals surface area contributed by atoms with Crippen LogP contribution < -0.4 is 4.74 Å². The van der Waals surface area contributed by atoms with Gasteiger partial charge in [-0.1, -0.05) is 0 Å². The molecule has 0 saturated heterocycles. The van der Waals surface area contributed by atoms with Gasteiger partial charge >= 0.3 is 18.2 Å². The summed E-state index contributed by atoms with van der Waals surface area (Å²) in [5.74, 6) is -2.45. The molecule has 1 rings (SSSR count). The van der Waals surface area contributed by atoms with Crippen molar-refractivity contribution in [3.8, 4) is 5.75 Å². The lowest BCUT2D eigenvalue weighted by atomic mass is 10.2. The van der Waals surface area contributed by atoms with Gasteiger partial charge in [-0.25, -0.2) is 13.6 Å². The highest BCUT2D eigenvalue weighted by molar-refractivity contribution is 5.93. The van der Waals surface area contributed by atoms with Crippen LogP contribution in [0.2, 0.25) is 0 Å². The Bertz CT molecular complexity index is 492. The van der Waals surface area contributed by atoms with E-state index in [2.05, 4.69) is 14.5 Å². The molecule has 0 aromatic carbocycles. The van der Waals surface area contributed by atoms with Crippen molar-refractivity contribution in [3.63, 3.8) is 0 Å². The minimum Gasteiger partial charge on any atom is -0.492 e. The molecule has 18 heavy (non-hydrogen) atoms. The van der Waals surface area contributed by atoms with Crippen LogP contribution in [0, 0.1) is 10.1 Å². The van der Waals surface area contributed by atoms with Crippen LogP contribution in [0.5, 0.6) is 5.75 Å². The van der Waals surface area contributed by atoms with Gasteiger partial charge in [0.1, 0.15) is 5.56 Å². The Morgan fingerprint density at radius 1 is 1.50 bits per heavy atom. The number of hydrogen-bond acceptors (Lipinski definition) is 6. The Kier molecular flexibility index (Phi) is 4.08. The van der Waals surface area contributed by atoms with Crippen molar-refractivity contribution in [1.82, 2.24) is 4.98 Å². The molecule has 0 aliphatic rings. The van der Waals surface area contributed by atoms with Gasteiger partial charge in [0.05, 0.1) is 20.3 Å². The van der Waals surface area contributed by atoms with Crippen LogP contribution in [0.4, 0.5) is 14.6 Å². The van der Waals surface area contributed by atoms with Crippen LogP contribution >= 0.6 is 0 Å². The summed E-state index contributed by atoms with van der Waals surface area (Å²) in [5, 5.41) is 10.5. The van der Waals surface area contributed by atoms with Gasteiger partial charge in [0, 0.05) is 0 Å². The van der Waals surface area contributed by atoms with E-state index in [0.717, 1.165) is 20.3 Å². The molecule has 0 saturated carbocycles. The number of esters is 1. The molecule has 0 fully saturated rings. The zero-order valence-corrected chi connectivity index (χ0v) is 9.35. The molecule has 0 aliphatic heterocycles. The summed E-state index contributed by atoms with van der Waals surface area (Å²) in [4.78, 5) is 24.0. The van der Waals surface area contributed by atoms with Crippen molar-refractivity contribution in [1.29, 1.82) is 0 Å². The summed E-state index contributed by atoms with van der Waals surface area (Å²) < 4.78 is 34.3. The number of hydrogen-bond donors (Lipinski definition) is 0. The molecule has 1 aromatic heterocycles. The fourth-order valence-electron chi connectivity index (χ4n) is 1.26. The lowest BCUT2D eigenvalue weighted by molar-refractivity contribution is -0.389. The first-order valence-electron chi connectivity index (χ1n) is 4.52. The molecular weight excluding hydrogens is 254 g/mol. The first-order chi connectivity index (χ1) is 8.42. The number of nitro groups is 1. The van der Waals surface area contributed by atoms with E-state index in [1.165, 1.54) is 0 Å². The third-order valence-corrected chi connectivity index (χ3v) is 1.99. The minimum absolute atomic E-state index is 0.475. The summed E-state index contributed by atoms with van der Waals surface area (Å²) in [7, 11) is 2.05. The Morgan fingerprint density at radius 3 is 2.50 bits per heavy atom. The van der Waals surface area contributed by atoms with Crippen LogP contribution in [0.15, 0.2) is 6.07 Å². The molecule has 0 amide bonds. The zero-order valence-electron chi connectivity index (χ0n) is 9.35. The average Bonchev–Trinajstić information content (AvgIpc) is 2.35. The predicted molar refractivity (Wildman–Crippen MR) is 53.7 cm³/mol. The average molecular weight is 262 g/mol. The first-order valence-corrected chi connectivity index (χ1v) is 4.52. The van der Waals surface area contributed by atoms with Gasteiger partial charge in [-0.05, 0) is 9.91 Å². The number of carbonyl (C=O) groups is 1. The lowest BCUT2D eigenvalue weighted by Gasteiger charge is -2.08. The lowest BCUT2D eigenvalue weighted by Crippen LogP contribution is -2.10. The monoisotopic (exact) mass is 262 g/mol. The van der Waals surface area contributed by atoms with Crippen molar-refractivity contribution in [2.75, 3.05) is 14.2 Å². The number of rotatable bonds is 4. The quantitative estimate of drug-likeness (QED) is 0.466. The Labute approximate surface area is 99.5 Å². The molecule has 0 bridgehead atoms. The Balaban J connectivity index is 3.55. The van der Waals surface area contributed by atoms with E-state index in [1.54, 1.807) is 0 Å². The molecule has 0 spiro atoms. The molecule has 1 heterocycles. The van der Waals surface area contributed by atoms with Gasteiger partial charge in [-0.2, -0.15) is 0 Å². The number of ether oxygens (including phenoxy) is 2. The molecule has 0 atom stereocenters. The number of pyridine rings is 1. The highest BCUT2D eigenvalue weighted by Gasteiger charge is 2.31. The Hall–Kier alpha value is -2.32. The number of halogens is 2. The van der Waals surface area contributed by atoms with Gasteiger partial charge < -0.3 is 19.6 Å². The van der Waals surface area contributed by atoms with Crippen molar-refractivity contribution in [2.24, 2.45) is 0 Å². The topological polar surface area (TPSA) is 91.6 Å². The predicted octanol–water partition coefficient (Wildman–Crippen LogP) is 1.72. The smallest absolute Gasteiger partial charge is 0.365 e. The SMILES string of the molecule is COC(=O)c1cc([N+](=O)[O-])nc(C(F)F)c1OC. The van der Waals surface area contributed by atoms with Gasteiger partial charge in [-0.15, -0.1) is 0 Å². The molecule has 0 radical (unpaired) electrons. The van der Waals surface area contributed by atoms with E-state index in [1.807, 2.05) is 0 Å². The summed E-state index contributed by atoms with van der Waals surface area (Å²) in [6.45, 7) is 0. The second kappa shape index (κ2) is 5.34. The first kappa shape index (κ1) is 13.7. The largest absolute Gasteiger partial charge is 0.492 e. The minimum atomic E-state index is -3.12. The molecule has 1 aromatic rings. The van der Waals surface area contributed by atoms with Crippen molar-refractivity contribution < 1.29 is 28.0 Å². The van der Waals surface area contributed by atoms with Crippen molar-refractivity contribution >= 4 is 11.8 Å². The summed E-state index contributed by atoms with van der Waals surface area (Å²) in [5.41, 5.74) is -1.45. The second-order valence-corrected chi connectivity index (χ2v) is 3.00. The van der Waals surface area contributed by atoms with Gasteiger partial charge in [0.2, 0.25) is 0 Å². The van der Waals surface area contributed by atoms with Crippen LogP contribution in [-0.4, -0.2) is 30.1 Å². The van der Waals surface area contributed by atoms with Gasteiger partial charge in [0.25, 0.3) is 5.69 Å². The maximum absolute atomic E-state index is 12.7. The van der Waals surface area contributed by atoms with E-state index in [0.29, 0.717) is 0 Å². The third kappa shape index (κ3) is 2.50. The maximum Gasteiger partial charge on any atom is 0.365 e. The fraction of sp³-hybridized carbons (Fsp3) is 0.333. The normalized spacial score (nSPS) is 10.3.